The van der Waals surface area contributed by atoms with Gasteiger partial charge in [0.1, 0.15) is 11.5 Å². The maximum Gasteiger partial charge on any atom is 0.335 e. The van der Waals surface area contributed by atoms with Crippen LogP contribution in [0.5, 0.6) is 0 Å². The van der Waals surface area contributed by atoms with Crippen LogP contribution in [-0.2, 0) is 0 Å². The highest BCUT2D eigenvalue weighted by atomic mass is 19.1. The van der Waals surface area contributed by atoms with Gasteiger partial charge in [0.25, 0.3) is 5.91 Å². The molecular weight excluding hydrogens is 533 g/mol. The highest BCUT2D eigenvalue weighted by molar-refractivity contribution is 6.10. The van der Waals surface area contributed by atoms with Gasteiger partial charge in [0, 0.05) is 5.56 Å². The number of carboxylic acid groups (broad SMARTS) is 1. The van der Waals surface area contributed by atoms with Crippen LogP contribution >= 0.6 is 0 Å². The van der Waals surface area contributed by atoms with Crippen LogP contribution in [0.25, 0.3) is 27.4 Å². The van der Waals surface area contributed by atoms with Crippen molar-refractivity contribution in [1.29, 1.82) is 0 Å². The molecule has 4 aromatic carbocycles. The fourth-order valence-electron chi connectivity index (χ4n) is 5.00. The Morgan fingerprint density at radius 1 is 0.810 bits per heavy atom. The molecule has 0 radical (unpaired) electrons. The van der Waals surface area contributed by atoms with E-state index in [0.717, 1.165) is 10.8 Å². The number of fused-ring (bicyclic) bond motifs is 2. The summed E-state index contributed by atoms with van der Waals surface area (Å²) in [7, 11) is 0. The molecule has 0 aliphatic rings. The molecule has 0 aliphatic carbocycles. The minimum Gasteiger partial charge on any atom is -0.478 e. The van der Waals surface area contributed by atoms with E-state index < -0.39 is 17.9 Å². The number of halogens is 1. The van der Waals surface area contributed by atoms with Crippen molar-refractivity contribution >= 4 is 33.9 Å². The Bertz CT molecular complexity index is 2000. The van der Waals surface area contributed by atoms with Crippen molar-refractivity contribution in [2.75, 3.05) is 0 Å². The van der Waals surface area contributed by atoms with Crippen LogP contribution in [0.2, 0.25) is 0 Å². The van der Waals surface area contributed by atoms with Crippen molar-refractivity contribution in [3.8, 4) is 11.1 Å². The molecule has 0 saturated carbocycles. The van der Waals surface area contributed by atoms with Crippen molar-refractivity contribution in [3.05, 3.63) is 143 Å². The van der Waals surface area contributed by atoms with Crippen LogP contribution in [0.1, 0.15) is 55.6 Å². The van der Waals surface area contributed by atoms with Crippen molar-refractivity contribution in [2.24, 2.45) is 0 Å². The van der Waals surface area contributed by atoms with E-state index in [-0.39, 0.29) is 28.7 Å². The molecule has 206 valence electrons. The van der Waals surface area contributed by atoms with Crippen LogP contribution in [-0.4, -0.2) is 32.2 Å². The molecule has 7 nitrogen and oxygen atoms in total. The second-order valence-electron chi connectivity index (χ2n) is 9.99. The summed E-state index contributed by atoms with van der Waals surface area (Å²) in [5.74, 6) is -2.16. The van der Waals surface area contributed by atoms with Crippen molar-refractivity contribution in [1.82, 2.24) is 14.7 Å². The van der Waals surface area contributed by atoms with E-state index in [0.29, 0.717) is 27.8 Å². The van der Waals surface area contributed by atoms with Gasteiger partial charge in [-0.1, -0.05) is 60.7 Å². The Kier molecular flexibility index (Phi) is 6.80. The number of carbonyl (C=O) groups excluding carboxylic acids is 2. The fourth-order valence-corrected chi connectivity index (χ4v) is 5.00. The molecule has 8 heteroatoms. The number of ketones is 1. The number of hydrogen-bond donors (Lipinski definition) is 2. The molecule has 0 fully saturated rings. The molecule has 2 N–H and O–H groups in total. The first-order chi connectivity index (χ1) is 20.3. The predicted octanol–water partition coefficient (Wildman–Crippen LogP) is 6.71. The van der Waals surface area contributed by atoms with Gasteiger partial charge in [-0.25, -0.2) is 14.2 Å². The molecule has 2 aromatic heterocycles. The molecule has 1 amide bonds. The number of aromatic nitrogens is 2. The molecular formula is C34H24FN3O4. The predicted molar refractivity (Wildman–Crippen MR) is 157 cm³/mol. The standard InChI is InChI=1S/C34H24FN3O4/c1-20(21-6-9-24(10-7-21)34(41)42)37-33(40)30-18-27(23-12-14-28(35)15-13-23)17-29-19-36-32(38(29)30)31(39)26-11-8-22-4-2-3-5-25(22)16-26/h2-20H,1H3,(H,37,40)(H,41,42)/t20-/m0/s1. The number of hydrogen-bond acceptors (Lipinski definition) is 4. The van der Waals surface area contributed by atoms with Gasteiger partial charge in [0.2, 0.25) is 5.78 Å². The topological polar surface area (TPSA) is 101 Å². The SMILES string of the molecule is C[C@H](NC(=O)c1cc(-c2ccc(F)cc2)cc2cnc(C(=O)c3ccc4ccccc4c3)n12)c1ccc(C(=O)O)cc1. The van der Waals surface area contributed by atoms with Crippen LogP contribution in [0.3, 0.4) is 0 Å². The summed E-state index contributed by atoms with van der Waals surface area (Å²) in [6.07, 6.45) is 1.53. The molecule has 0 spiro atoms. The average Bonchev–Trinajstić information content (AvgIpc) is 3.44. The smallest absolute Gasteiger partial charge is 0.335 e. The third-order valence-electron chi connectivity index (χ3n) is 7.26. The first kappa shape index (κ1) is 26.6. The second-order valence-corrected chi connectivity index (χ2v) is 9.99. The van der Waals surface area contributed by atoms with Crippen LogP contribution in [0.15, 0.2) is 109 Å². The van der Waals surface area contributed by atoms with Gasteiger partial charge >= 0.3 is 5.97 Å². The van der Waals surface area contributed by atoms with E-state index >= 15 is 0 Å². The fraction of sp³-hybridized carbons (Fsp3) is 0.0588. The van der Waals surface area contributed by atoms with Crippen molar-refractivity contribution < 1.29 is 23.9 Å². The monoisotopic (exact) mass is 557 g/mol. The highest BCUT2D eigenvalue weighted by Crippen LogP contribution is 2.27. The lowest BCUT2D eigenvalue weighted by Crippen LogP contribution is -2.29. The number of carboxylic acids is 1. The summed E-state index contributed by atoms with van der Waals surface area (Å²) in [5.41, 5.74) is 3.30. The lowest BCUT2D eigenvalue weighted by atomic mass is 10.0. The van der Waals surface area contributed by atoms with E-state index in [4.69, 9.17) is 0 Å². The maximum absolute atomic E-state index is 13.8. The normalized spacial score (nSPS) is 11.9. The molecule has 42 heavy (non-hydrogen) atoms. The van der Waals surface area contributed by atoms with Crippen molar-refractivity contribution in [2.45, 2.75) is 13.0 Å². The van der Waals surface area contributed by atoms with Gasteiger partial charge in [-0.15, -0.1) is 0 Å². The number of nitrogens with zero attached hydrogens (tertiary/aromatic N) is 2. The molecule has 2 heterocycles. The number of amides is 1. The molecule has 6 aromatic rings. The first-order valence-corrected chi connectivity index (χ1v) is 13.2. The van der Waals surface area contributed by atoms with E-state index in [9.17, 15) is 23.9 Å². The number of rotatable bonds is 7. The van der Waals surface area contributed by atoms with Gasteiger partial charge in [-0.05, 0) is 76.9 Å². The van der Waals surface area contributed by atoms with E-state index in [2.05, 4.69) is 10.3 Å². The van der Waals surface area contributed by atoms with E-state index in [1.807, 2.05) is 30.3 Å². The Labute approximate surface area is 239 Å². The van der Waals surface area contributed by atoms with Crippen LogP contribution in [0, 0.1) is 5.82 Å². The molecule has 1 atom stereocenters. The number of nitrogens with one attached hydrogen (secondary N) is 1. The lowest BCUT2D eigenvalue weighted by molar-refractivity contribution is 0.0696. The summed E-state index contributed by atoms with van der Waals surface area (Å²) >= 11 is 0. The van der Waals surface area contributed by atoms with E-state index in [1.165, 1.54) is 34.9 Å². The molecule has 0 aliphatic heterocycles. The number of pyridine rings is 1. The Hall–Kier alpha value is -5.63. The highest BCUT2D eigenvalue weighted by Gasteiger charge is 2.23. The zero-order chi connectivity index (χ0) is 29.4. The van der Waals surface area contributed by atoms with Crippen LogP contribution in [0.4, 0.5) is 4.39 Å². The van der Waals surface area contributed by atoms with Gasteiger partial charge in [-0.3, -0.25) is 14.0 Å². The van der Waals surface area contributed by atoms with Gasteiger partial charge < -0.3 is 10.4 Å². The summed E-state index contributed by atoms with van der Waals surface area (Å²) < 4.78 is 15.2. The molecule has 0 unspecified atom stereocenters. The molecule has 6 rings (SSSR count). The summed E-state index contributed by atoms with van der Waals surface area (Å²) in [6.45, 7) is 1.78. The summed E-state index contributed by atoms with van der Waals surface area (Å²) in [5, 5.41) is 14.1. The Morgan fingerprint density at radius 3 is 2.21 bits per heavy atom. The quantitative estimate of drug-likeness (QED) is 0.212. The Morgan fingerprint density at radius 2 is 1.50 bits per heavy atom. The summed E-state index contributed by atoms with van der Waals surface area (Å²) in [6, 6.07) is 28.2. The Balaban J connectivity index is 1.43. The number of aromatic carboxylic acids is 1. The summed E-state index contributed by atoms with van der Waals surface area (Å²) in [4.78, 5) is 43.2. The second kappa shape index (κ2) is 10.7. The van der Waals surface area contributed by atoms with E-state index in [1.54, 1.807) is 55.5 Å². The van der Waals surface area contributed by atoms with Gasteiger partial charge in [-0.2, -0.15) is 0 Å². The minimum absolute atomic E-state index is 0.0783. The number of imidazole rings is 1. The molecule has 0 bridgehead atoms. The first-order valence-electron chi connectivity index (χ1n) is 13.2. The molecule has 0 saturated heterocycles. The average molecular weight is 558 g/mol. The largest absolute Gasteiger partial charge is 0.478 e. The zero-order valence-corrected chi connectivity index (χ0v) is 22.4. The minimum atomic E-state index is -1.04. The lowest BCUT2D eigenvalue weighted by Gasteiger charge is -2.17. The van der Waals surface area contributed by atoms with Crippen molar-refractivity contribution in [3.63, 3.8) is 0 Å². The van der Waals surface area contributed by atoms with Gasteiger partial charge in [0.15, 0.2) is 5.82 Å². The van der Waals surface area contributed by atoms with Crippen LogP contribution < -0.4 is 5.32 Å². The third-order valence-corrected chi connectivity index (χ3v) is 7.26. The zero-order valence-electron chi connectivity index (χ0n) is 22.4. The number of carbonyl (C=O) groups is 3. The number of benzene rings is 4. The third kappa shape index (κ3) is 5.01. The maximum atomic E-state index is 13.8. The van der Waals surface area contributed by atoms with Gasteiger partial charge in [0.05, 0.1) is 23.3 Å².